The number of ether oxygens (including phenoxy) is 4. The van der Waals surface area contributed by atoms with Gasteiger partial charge in [0.25, 0.3) is 11.8 Å². The molecule has 1 unspecified atom stereocenters. The largest absolute Gasteiger partial charge is 0.379 e. The van der Waals surface area contributed by atoms with Crippen LogP contribution in [-0.4, -0.2) is 94.0 Å². The molecule has 13 nitrogen and oxygen atoms in total. The molecule has 37 heavy (non-hydrogen) atoms. The summed E-state index contributed by atoms with van der Waals surface area (Å²) in [4.78, 5) is 52.8. The van der Waals surface area contributed by atoms with Crippen LogP contribution < -0.4 is 5.32 Å². The van der Waals surface area contributed by atoms with E-state index >= 15 is 0 Å². The zero-order chi connectivity index (χ0) is 26.5. The molecule has 0 spiro atoms. The van der Waals surface area contributed by atoms with E-state index in [4.69, 9.17) is 24.5 Å². The van der Waals surface area contributed by atoms with Gasteiger partial charge in [-0.15, -0.1) is 0 Å². The van der Waals surface area contributed by atoms with Gasteiger partial charge in [0.05, 0.1) is 57.4 Å². The summed E-state index contributed by atoms with van der Waals surface area (Å²) in [6.45, 7) is 3.83. The SMILES string of the molecule is [N-]=[N+]=NCCOCCOCCOCCOCCCc1ccc2c(c1)C(=O)N(C1CCC(=O)NC1=O)C2=O. The van der Waals surface area contributed by atoms with E-state index in [0.717, 1.165) is 16.9 Å². The standard InChI is InChI=1S/C24H31N5O8/c25-28-26-7-9-35-11-13-37-15-14-36-12-10-34-8-1-2-17-3-4-18-19(16-17)24(33)29(23(18)32)20-5-6-21(30)27-22(20)31/h3-4,16,20H,1-2,5-15H2,(H,27,30,31). The van der Waals surface area contributed by atoms with Crippen molar-refractivity contribution in [3.05, 3.63) is 45.3 Å². The quantitative estimate of drug-likeness (QED) is 0.106. The van der Waals surface area contributed by atoms with Crippen molar-refractivity contribution in [2.75, 3.05) is 59.4 Å². The molecular formula is C24H31N5O8. The lowest BCUT2D eigenvalue weighted by Gasteiger charge is -2.27. The summed E-state index contributed by atoms with van der Waals surface area (Å²) in [7, 11) is 0. The molecule has 3 rings (SSSR count). The number of carbonyl (C=O) groups excluding carboxylic acids is 4. The molecule has 4 amide bonds. The molecule has 1 fully saturated rings. The van der Waals surface area contributed by atoms with E-state index in [1.165, 1.54) is 0 Å². The summed E-state index contributed by atoms with van der Waals surface area (Å²) in [5.74, 6) is -2.04. The van der Waals surface area contributed by atoms with Gasteiger partial charge in [-0.1, -0.05) is 11.2 Å². The molecule has 2 heterocycles. The van der Waals surface area contributed by atoms with Gasteiger partial charge in [-0.05, 0) is 42.5 Å². The zero-order valence-electron chi connectivity index (χ0n) is 20.6. The molecule has 1 N–H and O–H groups in total. The number of azide groups is 1. The Morgan fingerprint density at radius 3 is 2.16 bits per heavy atom. The van der Waals surface area contributed by atoms with Crippen LogP contribution in [0.3, 0.4) is 0 Å². The highest BCUT2D eigenvalue weighted by Crippen LogP contribution is 2.28. The molecule has 1 aromatic carbocycles. The van der Waals surface area contributed by atoms with Crippen LogP contribution in [0.5, 0.6) is 0 Å². The molecule has 0 saturated carbocycles. The number of aryl methyl sites for hydroxylation is 1. The van der Waals surface area contributed by atoms with Crippen LogP contribution in [0.25, 0.3) is 10.4 Å². The van der Waals surface area contributed by atoms with Gasteiger partial charge in [0.2, 0.25) is 11.8 Å². The molecule has 0 aromatic heterocycles. The Kier molecular flexibility index (Phi) is 11.5. The number of fused-ring (bicyclic) bond motifs is 1. The first-order chi connectivity index (χ1) is 18.0. The predicted molar refractivity (Wildman–Crippen MR) is 129 cm³/mol. The van der Waals surface area contributed by atoms with Crippen LogP contribution in [0.15, 0.2) is 23.3 Å². The van der Waals surface area contributed by atoms with Crippen LogP contribution in [0.4, 0.5) is 0 Å². The summed E-state index contributed by atoms with van der Waals surface area (Å²) >= 11 is 0. The van der Waals surface area contributed by atoms with Gasteiger partial charge in [0.1, 0.15) is 6.04 Å². The lowest BCUT2D eigenvalue weighted by molar-refractivity contribution is -0.136. The van der Waals surface area contributed by atoms with Gasteiger partial charge in [-0.3, -0.25) is 29.4 Å². The molecule has 13 heteroatoms. The first-order valence-electron chi connectivity index (χ1n) is 12.2. The van der Waals surface area contributed by atoms with E-state index < -0.39 is 29.7 Å². The van der Waals surface area contributed by atoms with Crippen LogP contribution >= 0.6 is 0 Å². The van der Waals surface area contributed by atoms with Gasteiger partial charge in [0.15, 0.2) is 0 Å². The summed E-state index contributed by atoms with van der Waals surface area (Å²) in [5, 5.41) is 5.55. The minimum atomic E-state index is -0.967. The number of rotatable bonds is 17. The van der Waals surface area contributed by atoms with Crippen LogP contribution in [0.1, 0.15) is 45.5 Å². The minimum Gasteiger partial charge on any atom is -0.379 e. The zero-order valence-corrected chi connectivity index (χ0v) is 20.6. The Balaban J connectivity index is 1.26. The summed E-state index contributed by atoms with van der Waals surface area (Å²) in [5.41, 5.74) is 9.58. The van der Waals surface area contributed by atoms with Crippen LogP contribution in [0.2, 0.25) is 0 Å². The van der Waals surface area contributed by atoms with Crippen LogP contribution in [-0.2, 0) is 35.0 Å². The number of imide groups is 2. The van der Waals surface area contributed by atoms with Crippen molar-refractivity contribution in [2.24, 2.45) is 5.11 Å². The number of benzene rings is 1. The van der Waals surface area contributed by atoms with E-state index in [0.29, 0.717) is 65.8 Å². The van der Waals surface area contributed by atoms with Gasteiger partial charge >= 0.3 is 0 Å². The highest BCUT2D eigenvalue weighted by Gasteiger charge is 2.44. The number of carbonyl (C=O) groups is 4. The van der Waals surface area contributed by atoms with Gasteiger partial charge in [-0.2, -0.15) is 0 Å². The average Bonchev–Trinajstić information content (AvgIpc) is 3.13. The Hall–Kier alpha value is -3.35. The van der Waals surface area contributed by atoms with Crippen LogP contribution in [0, 0.1) is 0 Å². The first-order valence-corrected chi connectivity index (χ1v) is 12.2. The molecule has 0 bridgehead atoms. The summed E-state index contributed by atoms with van der Waals surface area (Å²) < 4.78 is 21.6. The fourth-order valence-electron chi connectivity index (χ4n) is 3.96. The maximum Gasteiger partial charge on any atom is 0.262 e. The molecule has 2 aliphatic heterocycles. The second-order valence-corrected chi connectivity index (χ2v) is 8.33. The normalized spacial score (nSPS) is 17.1. The Bertz CT molecular complexity index is 1030. The number of amides is 4. The number of hydrogen-bond donors (Lipinski definition) is 1. The maximum atomic E-state index is 12.9. The van der Waals surface area contributed by atoms with Crippen molar-refractivity contribution >= 4 is 23.6 Å². The second kappa shape index (κ2) is 15.0. The third-order valence-corrected chi connectivity index (χ3v) is 5.77. The highest BCUT2D eigenvalue weighted by atomic mass is 16.6. The van der Waals surface area contributed by atoms with Gasteiger partial charge in [0, 0.05) is 24.5 Å². The van der Waals surface area contributed by atoms with Crippen molar-refractivity contribution in [3.63, 3.8) is 0 Å². The fourth-order valence-corrected chi connectivity index (χ4v) is 3.96. The Morgan fingerprint density at radius 2 is 1.51 bits per heavy atom. The lowest BCUT2D eigenvalue weighted by Crippen LogP contribution is -2.54. The molecule has 2 aliphatic rings. The van der Waals surface area contributed by atoms with Crippen molar-refractivity contribution in [2.45, 2.75) is 31.7 Å². The predicted octanol–water partition coefficient (Wildman–Crippen LogP) is 1.40. The minimum absolute atomic E-state index is 0.0888. The van der Waals surface area contributed by atoms with Crippen molar-refractivity contribution in [1.82, 2.24) is 10.2 Å². The highest BCUT2D eigenvalue weighted by molar-refractivity contribution is 6.23. The number of piperidine rings is 1. The average molecular weight is 518 g/mol. The van der Waals surface area contributed by atoms with Crippen molar-refractivity contribution in [3.8, 4) is 0 Å². The van der Waals surface area contributed by atoms with Gasteiger partial charge < -0.3 is 18.9 Å². The molecule has 1 aromatic rings. The monoisotopic (exact) mass is 517 g/mol. The number of hydrogen-bond acceptors (Lipinski definition) is 9. The van der Waals surface area contributed by atoms with E-state index in [-0.39, 0.29) is 24.0 Å². The summed E-state index contributed by atoms with van der Waals surface area (Å²) in [6, 6.07) is 4.14. The Labute approximate surface area is 214 Å². The van der Waals surface area contributed by atoms with E-state index in [9.17, 15) is 19.2 Å². The lowest BCUT2D eigenvalue weighted by atomic mass is 10.0. The number of nitrogens with zero attached hydrogens (tertiary/aromatic N) is 4. The molecule has 1 atom stereocenters. The third-order valence-electron chi connectivity index (χ3n) is 5.77. The van der Waals surface area contributed by atoms with E-state index in [2.05, 4.69) is 15.3 Å². The topological polar surface area (TPSA) is 169 Å². The number of nitrogens with one attached hydrogen (secondary N) is 1. The molecule has 0 aliphatic carbocycles. The Morgan fingerprint density at radius 1 is 0.892 bits per heavy atom. The molecule has 0 radical (unpaired) electrons. The fraction of sp³-hybridized carbons (Fsp3) is 0.583. The molecular weight excluding hydrogens is 486 g/mol. The maximum absolute atomic E-state index is 12.9. The summed E-state index contributed by atoms with van der Waals surface area (Å²) in [6.07, 6.45) is 1.60. The first kappa shape index (κ1) is 28.2. The molecule has 200 valence electrons. The van der Waals surface area contributed by atoms with Crippen molar-refractivity contribution in [1.29, 1.82) is 0 Å². The second-order valence-electron chi connectivity index (χ2n) is 8.33. The molecule has 1 saturated heterocycles. The van der Waals surface area contributed by atoms with E-state index in [1.807, 2.05) is 0 Å². The van der Waals surface area contributed by atoms with Crippen molar-refractivity contribution < 1.29 is 38.1 Å². The van der Waals surface area contributed by atoms with E-state index in [1.54, 1.807) is 18.2 Å². The third kappa shape index (κ3) is 8.34. The smallest absolute Gasteiger partial charge is 0.262 e. The van der Waals surface area contributed by atoms with Gasteiger partial charge in [-0.25, -0.2) is 0 Å².